The number of carbonyl (C=O) groups excluding carboxylic acids is 1. The molecule has 4 nitrogen and oxygen atoms in total. The molecule has 1 rings (SSSR count). The molecule has 1 fully saturated rings. The summed E-state index contributed by atoms with van der Waals surface area (Å²) in [5, 5.41) is 6.03. The summed E-state index contributed by atoms with van der Waals surface area (Å²) in [4.78, 5) is 13.2. The third-order valence-corrected chi connectivity index (χ3v) is 2.43. The van der Waals surface area contributed by atoms with E-state index >= 15 is 0 Å². The van der Waals surface area contributed by atoms with Crippen molar-refractivity contribution in [2.45, 2.75) is 25.8 Å². The SMILES string of the molecule is CCCCNC(=O)N(C)C1CNC1. The van der Waals surface area contributed by atoms with Crippen LogP contribution >= 0.6 is 0 Å². The Morgan fingerprint density at radius 3 is 2.77 bits per heavy atom. The van der Waals surface area contributed by atoms with Crippen LogP contribution in [0.4, 0.5) is 4.79 Å². The van der Waals surface area contributed by atoms with Crippen LogP contribution in [0.2, 0.25) is 0 Å². The van der Waals surface area contributed by atoms with Crippen LogP contribution in [0.15, 0.2) is 0 Å². The predicted molar refractivity (Wildman–Crippen MR) is 52.7 cm³/mol. The van der Waals surface area contributed by atoms with Gasteiger partial charge in [-0.15, -0.1) is 0 Å². The van der Waals surface area contributed by atoms with E-state index in [9.17, 15) is 4.79 Å². The fourth-order valence-electron chi connectivity index (χ4n) is 1.21. The molecule has 4 heteroatoms. The molecule has 0 aromatic carbocycles. The number of nitrogens with one attached hydrogen (secondary N) is 2. The lowest BCUT2D eigenvalue weighted by atomic mass is 10.1. The van der Waals surface area contributed by atoms with E-state index in [1.807, 2.05) is 7.05 Å². The topological polar surface area (TPSA) is 44.4 Å². The van der Waals surface area contributed by atoms with Crippen LogP contribution in [-0.2, 0) is 0 Å². The highest BCUT2D eigenvalue weighted by molar-refractivity contribution is 5.74. The maximum atomic E-state index is 11.4. The van der Waals surface area contributed by atoms with E-state index < -0.39 is 0 Å². The number of hydrogen-bond acceptors (Lipinski definition) is 2. The Kier molecular flexibility index (Phi) is 4.02. The van der Waals surface area contributed by atoms with Gasteiger partial charge in [0.15, 0.2) is 0 Å². The maximum Gasteiger partial charge on any atom is 0.317 e. The highest BCUT2D eigenvalue weighted by atomic mass is 16.2. The van der Waals surface area contributed by atoms with Gasteiger partial charge >= 0.3 is 6.03 Å². The molecule has 0 unspecified atom stereocenters. The van der Waals surface area contributed by atoms with Gasteiger partial charge in [0.1, 0.15) is 0 Å². The van der Waals surface area contributed by atoms with Crippen molar-refractivity contribution in [3.63, 3.8) is 0 Å². The third kappa shape index (κ3) is 2.88. The minimum Gasteiger partial charge on any atom is -0.338 e. The maximum absolute atomic E-state index is 11.4. The third-order valence-electron chi connectivity index (χ3n) is 2.43. The van der Waals surface area contributed by atoms with Crippen LogP contribution in [0.1, 0.15) is 19.8 Å². The molecule has 0 aromatic heterocycles. The molecule has 0 radical (unpaired) electrons. The molecule has 0 atom stereocenters. The van der Waals surface area contributed by atoms with Crippen LogP contribution in [0, 0.1) is 0 Å². The van der Waals surface area contributed by atoms with Gasteiger partial charge in [0, 0.05) is 26.7 Å². The Morgan fingerprint density at radius 1 is 1.62 bits per heavy atom. The van der Waals surface area contributed by atoms with Crippen molar-refractivity contribution in [2.24, 2.45) is 0 Å². The van der Waals surface area contributed by atoms with E-state index in [1.165, 1.54) is 0 Å². The second-order valence-electron chi connectivity index (χ2n) is 3.51. The van der Waals surface area contributed by atoms with Crippen LogP contribution in [0.3, 0.4) is 0 Å². The molecule has 0 aromatic rings. The molecule has 76 valence electrons. The summed E-state index contributed by atoms with van der Waals surface area (Å²) in [7, 11) is 1.85. The van der Waals surface area contributed by atoms with Crippen molar-refractivity contribution in [3.05, 3.63) is 0 Å². The molecule has 0 spiro atoms. The standard InChI is InChI=1S/C9H19N3O/c1-3-4-5-11-9(13)12(2)8-6-10-7-8/h8,10H,3-7H2,1-2H3,(H,11,13). The lowest BCUT2D eigenvalue weighted by Gasteiger charge is -2.35. The number of amides is 2. The van der Waals surface area contributed by atoms with Gasteiger partial charge in [0.2, 0.25) is 0 Å². The Morgan fingerprint density at radius 2 is 2.31 bits per heavy atom. The minimum absolute atomic E-state index is 0.0555. The smallest absolute Gasteiger partial charge is 0.317 e. The molecular formula is C9H19N3O. The van der Waals surface area contributed by atoms with E-state index in [4.69, 9.17) is 0 Å². The monoisotopic (exact) mass is 185 g/mol. The van der Waals surface area contributed by atoms with Gasteiger partial charge in [-0.05, 0) is 6.42 Å². The van der Waals surface area contributed by atoms with Gasteiger partial charge in [-0.1, -0.05) is 13.3 Å². The van der Waals surface area contributed by atoms with E-state index in [-0.39, 0.29) is 6.03 Å². The number of carbonyl (C=O) groups is 1. The van der Waals surface area contributed by atoms with E-state index in [0.29, 0.717) is 6.04 Å². The number of rotatable bonds is 4. The fourth-order valence-corrected chi connectivity index (χ4v) is 1.21. The molecule has 0 bridgehead atoms. The number of urea groups is 1. The molecule has 1 aliphatic rings. The molecule has 1 aliphatic heterocycles. The second kappa shape index (κ2) is 5.07. The summed E-state index contributed by atoms with van der Waals surface area (Å²) in [5.74, 6) is 0. The van der Waals surface area contributed by atoms with Crippen LogP contribution < -0.4 is 10.6 Å². The van der Waals surface area contributed by atoms with Gasteiger partial charge < -0.3 is 15.5 Å². The number of likely N-dealkylation sites (N-methyl/N-ethyl adjacent to an activating group) is 1. The largest absolute Gasteiger partial charge is 0.338 e. The van der Waals surface area contributed by atoms with E-state index in [2.05, 4.69) is 17.6 Å². The molecular weight excluding hydrogens is 166 g/mol. The van der Waals surface area contributed by atoms with Gasteiger partial charge in [0.25, 0.3) is 0 Å². The summed E-state index contributed by atoms with van der Waals surface area (Å²) < 4.78 is 0. The molecule has 1 heterocycles. The zero-order valence-corrected chi connectivity index (χ0v) is 8.47. The Labute approximate surface area is 79.7 Å². The zero-order chi connectivity index (χ0) is 9.68. The van der Waals surface area contributed by atoms with E-state index in [0.717, 1.165) is 32.5 Å². The quantitative estimate of drug-likeness (QED) is 0.623. The summed E-state index contributed by atoms with van der Waals surface area (Å²) in [6, 6.07) is 0.446. The van der Waals surface area contributed by atoms with Crippen LogP contribution in [0.5, 0.6) is 0 Å². The summed E-state index contributed by atoms with van der Waals surface area (Å²) >= 11 is 0. The number of nitrogens with zero attached hydrogens (tertiary/aromatic N) is 1. The first-order chi connectivity index (χ1) is 6.25. The van der Waals surface area contributed by atoms with Crippen molar-refractivity contribution in [3.8, 4) is 0 Å². The summed E-state index contributed by atoms with van der Waals surface area (Å²) in [5.41, 5.74) is 0. The van der Waals surface area contributed by atoms with Crippen LogP contribution in [-0.4, -0.2) is 43.7 Å². The number of unbranched alkanes of at least 4 members (excludes halogenated alkanes) is 1. The average Bonchev–Trinajstić information content (AvgIpc) is 2.01. The normalized spacial score (nSPS) is 16.5. The van der Waals surface area contributed by atoms with Crippen molar-refractivity contribution in [1.82, 2.24) is 15.5 Å². The highest BCUT2D eigenvalue weighted by Gasteiger charge is 2.24. The van der Waals surface area contributed by atoms with Crippen molar-refractivity contribution in [1.29, 1.82) is 0 Å². The first-order valence-corrected chi connectivity index (χ1v) is 4.97. The minimum atomic E-state index is 0.0555. The fraction of sp³-hybridized carbons (Fsp3) is 0.889. The molecule has 2 amide bonds. The molecule has 1 saturated heterocycles. The second-order valence-corrected chi connectivity index (χ2v) is 3.51. The van der Waals surface area contributed by atoms with Crippen molar-refractivity contribution in [2.75, 3.05) is 26.7 Å². The molecule has 0 aliphatic carbocycles. The summed E-state index contributed by atoms with van der Waals surface area (Å²) in [6.45, 7) is 4.76. The number of hydrogen-bond donors (Lipinski definition) is 2. The Balaban J connectivity index is 2.13. The Hall–Kier alpha value is -0.770. The zero-order valence-electron chi connectivity index (χ0n) is 8.47. The highest BCUT2D eigenvalue weighted by Crippen LogP contribution is 2.01. The Bertz CT molecular complexity index is 168. The van der Waals surface area contributed by atoms with Crippen molar-refractivity contribution >= 4 is 6.03 Å². The molecule has 0 saturated carbocycles. The molecule has 2 N–H and O–H groups in total. The van der Waals surface area contributed by atoms with Crippen molar-refractivity contribution < 1.29 is 4.79 Å². The van der Waals surface area contributed by atoms with Gasteiger partial charge in [-0.25, -0.2) is 4.79 Å². The van der Waals surface area contributed by atoms with Crippen LogP contribution in [0.25, 0.3) is 0 Å². The van der Waals surface area contributed by atoms with Gasteiger partial charge in [-0.2, -0.15) is 0 Å². The lowest BCUT2D eigenvalue weighted by Crippen LogP contribution is -2.59. The predicted octanol–water partition coefficient (Wildman–Crippen LogP) is 0.400. The first kappa shape index (κ1) is 10.3. The molecule has 13 heavy (non-hydrogen) atoms. The first-order valence-electron chi connectivity index (χ1n) is 4.97. The lowest BCUT2D eigenvalue weighted by molar-refractivity contribution is 0.168. The van der Waals surface area contributed by atoms with E-state index in [1.54, 1.807) is 4.90 Å². The summed E-state index contributed by atoms with van der Waals surface area (Å²) in [6.07, 6.45) is 2.18. The van der Waals surface area contributed by atoms with Gasteiger partial charge in [0.05, 0.1) is 6.04 Å². The average molecular weight is 185 g/mol. The van der Waals surface area contributed by atoms with Gasteiger partial charge in [-0.3, -0.25) is 0 Å².